The van der Waals surface area contributed by atoms with Crippen molar-refractivity contribution in [2.45, 2.75) is 13.0 Å². The molecule has 1 saturated heterocycles. The first-order chi connectivity index (χ1) is 16.1. The third kappa shape index (κ3) is 2.73. The van der Waals surface area contributed by atoms with Gasteiger partial charge in [0.1, 0.15) is 5.82 Å². The van der Waals surface area contributed by atoms with Crippen LogP contribution in [0.5, 0.6) is 0 Å². The maximum absolute atomic E-state index is 13.3. The number of carbonyl (C=O) groups excluding carboxylic acids is 2. The summed E-state index contributed by atoms with van der Waals surface area (Å²) in [5, 5.41) is 6.53. The van der Waals surface area contributed by atoms with Crippen molar-refractivity contribution in [2.24, 2.45) is 40.6 Å². The molecule has 1 aromatic heterocycles. The summed E-state index contributed by atoms with van der Waals surface area (Å²) < 4.78 is 15.4. The summed E-state index contributed by atoms with van der Waals surface area (Å²) in [6, 6.07) is 14.4. The quantitative estimate of drug-likeness (QED) is 0.347. The molecule has 2 heterocycles. The van der Waals surface area contributed by atoms with E-state index in [0.717, 1.165) is 33.5 Å². The highest BCUT2D eigenvalue weighted by atomic mass is 19.1. The minimum Gasteiger partial charge on any atom is -0.342 e. The van der Waals surface area contributed by atoms with Crippen LogP contribution in [0.2, 0.25) is 0 Å². The second-order valence-corrected chi connectivity index (χ2v) is 9.74. The summed E-state index contributed by atoms with van der Waals surface area (Å²) in [4.78, 5) is 26.4. The number of fused-ring (bicyclic) bond motifs is 1. The van der Waals surface area contributed by atoms with Crippen molar-refractivity contribution < 1.29 is 14.0 Å². The molecule has 2 saturated carbocycles. The van der Waals surface area contributed by atoms with Crippen LogP contribution < -0.4 is 0 Å². The number of nitrogens with zero attached hydrogens (tertiary/aromatic N) is 3. The average Bonchev–Trinajstić information content (AvgIpc) is 3.54. The standard InChI is InChI=1S/C27H22FN3O2/c28-17-7-5-15(6-8-17)13-30-14-16(18-3-1-2-4-23(18)30)12-29-31-26(32)24-19-9-10-20(22-11-21(19)22)25(24)27(31)33/h1-10,12,14,19-22,24-25H,11,13H2/t19-,20-,21-,22-,24-,25+/m0/s1. The van der Waals surface area contributed by atoms with E-state index in [1.165, 1.54) is 12.1 Å². The molecular formula is C27H22FN3O2. The van der Waals surface area contributed by atoms with Gasteiger partial charge in [-0.1, -0.05) is 42.5 Å². The first kappa shape index (κ1) is 19.0. The van der Waals surface area contributed by atoms with E-state index in [9.17, 15) is 14.0 Å². The Bertz CT molecular complexity index is 1340. The van der Waals surface area contributed by atoms with Gasteiger partial charge in [0, 0.05) is 29.2 Å². The largest absolute Gasteiger partial charge is 0.342 e. The number of allylic oxidation sites excluding steroid dienone is 2. The number of halogens is 1. The predicted molar refractivity (Wildman–Crippen MR) is 122 cm³/mol. The smallest absolute Gasteiger partial charge is 0.254 e. The van der Waals surface area contributed by atoms with Gasteiger partial charge in [-0.3, -0.25) is 9.59 Å². The predicted octanol–water partition coefficient (Wildman–Crippen LogP) is 4.22. The molecule has 5 aliphatic rings. The van der Waals surface area contributed by atoms with E-state index in [4.69, 9.17) is 0 Å². The van der Waals surface area contributed by atoms with E-state index in [1.807, 2.05) is 30.5 Å². The Balaban J connectivity index is 1.20. The Kier molecular flexibility index (Phi) is 3.87. The number of para-hydroxylation sites is 1. The van der Waals surface area contributed by atoms with Crippen LogP contribution in [-0.4, -0.2) is 27.6 Å². The summed E-state index contributed by atoms with van der Waals surface area (Å²) in [5.41, 5.74) is 2.83. The second kappa shape index (κ2) is 6.73. The fourth-order valence-corrected chi connectivity index (χ4v) is 6.47. The normalized spacial score (nSPS) is 31.6. The fourth-order valence-electron chi connectivity index (χ4n) is 6.47. The number of hydrogen-bond acceptors (Lipinski definition) is 3. The number of carbonyl (C=O) groups is 2. The topological polar surface area (TPSA) is 54.7 Å². The Labute approximate surface area is 190 Å². The van der Waals surface area contributed by atoms with Crippen molar-refractivity contribution in [3.05, 3.63) is 83.8 Å². The van der Waals surface area contributed by atoms with Gasteiger partial charge in [0.15, 0.2) is 0 Å². The highest BCUT2D eigenvalue weighted by molar-refractivity contribution is 6.07. The molecule has 164 valence electrons. The zero-order chi connectivity index (χ0) is 22.3. The zero-order valence-corrected chi connectivity index (χ0v) is 17.8. The molecule has 1 aliphatic heterocycles. The van der Waals surface area contributed by atoms with E-state index in [0.29, 0.717) is 18.4 Å². The molecule has 8 rings (SSSR count). The van der Waals surface area contributed by atoms with E-state index < -0.39 is 0 Å². The maximum atomic E-state index is 13.3. The lowest BCUT2D eigenvalue weighted by atomic mass is 9.63. The SMILES string of the molecule is O=C1[C@@H]2[C@H]3C=C[C@@H]([C@@H]4C[C@@H]34)[C@@H]2C(=O)N1N=Cc1cn(Cc2ccc(F)cc2)c2ccccc12. The first-order valence-electron chi connectivity index (χ1n) is 11.5. The van der Waals surface area contributed by atoms with Crippen LogP contribution in [0.25, 0.3) is 10.9 Å². The van der Waals surface area contributed by atoms with Crippen LogP contribution in [0.4, 0.5) is 4.39 Å². The Morgan fingerprint density at radius 2 is 1.61 bits per heavy atom. The van der Waals surface area contributed by atoms with Gasteiger partial charge >= 0.3 is 0 Å². The number of amides is 2. The van der Waals surface area contributed by atoms with Crippen LogP contribution in [-0.2, 0) is 16.1 Å². The molecule has 3 aromatic rings. The third-order valence-electron chi connectivity index (χ3n) is 8.04. The molecule has 6 heteroatoms. The maximum Gasteiger partial charge on any atom is 0.254 e. The van der Waals surface area contributed by atoms with Crippen molar-refractivity contribution in [3.8, 4) is 0 Å². The van der Waals surface area contributed by atoms with Gasteiger partial charge in [0.05, 0.1) is 18.1 Å². The second-order valence-electron chi connectivity index (χ2n) is 9.74. The highest BCUT2D eigenvalue weighted by Crippen LogP contribution is 2.65. The number of benzene rings is 2. The van der Waals surface area contributed by atoms with E-state index in [2.05, 4.69) is 21.8 Å². The molecule has 0 N–H and O–H groups in total. The minimum absolute atomic E-state index is 0.152. The summed E-state index contributed by atoms with van der Waals surface area (Å²) in [6.45, 7) is 0.582. The lowest BCUT2D eigenvalue weighted by Gasteiger charge is -2.37. The lowest BCUT2D eigenvalue weighted by molar-refractivity contribution is -0.140. The Morgan fingerprint density at radius 1 is 0.939 bits per heavy atom. The summed E-state index contributed by atoms with van der Waals surface area (Å²) in [5.74, 6) is 0.491. The molecule has 0 spiro atoms. The summed E-state index contributed by atoms with van der Waals surface area (Å²) >= 11 is 0. The Morgan fingerprint density at radius 3 is 2.30 bits per heavy atom. The Hall–Kier alpha value is -3.54. The van der Waals surface area contributed by atoms with Crippen LogP contribution in [0.15, 0.2) is 72.0 Å². The van der Waals surface area contributed by atoms with Crippen molar-refractivity contribution in [1.82, 2.24) is 9.58 Å². The van der Waals surface area contributed by atoms with Crippen LogP contribution >= 0.6 is 0 Å². The molecule has 5 nitrogen and oxygen atoms in total. The molecule has 0 radical (unpaired) electrons. The van der Waals surface area contributed by atoms with E-state index >= 15 is 0 Å². The van der Waals surface area contributed by atoms with Crippen LogP contribution in [0.1, 0.15) is 17.5 Å². The first-order valence-corrected chi connectivity index (χ1v) is 11.5. The molecule has 33 heavy (non-hydrogen) atoms. The molecule has 4 aliphatic carbocycles. The highest BCUT2D eigenvalue weighted by Gasteiger charge is 2.67. The number of hydrogen-bond donors (Lipinski definition) is 0. The van der Waals surface area contributed by atoms with Gasteiger partial charge in [-0.15, -0.1) is 0 Å². The monoisotopic (exact) mass is 439 g/mol. The van der Waals surface area contributed by atoms with Crippen molar-refractivity contribution in [3.63, 3.8) is 0 Å². The van der Waals surface area contributed by atoms with Crippen molar-refractivity contribution in [1.29, 1.82) is 0 Å². The van der Waals surface area contributed by atoms with Gasteiger partial charge < -0.3 is 4.57 Å². The number of rotatable bonds is 4. The summed E-state index contributed by atoms with van der Waals surface area (Å²) in [7, 11) is 0. The van der Waals surface area contributed by atoms with Gasteiger partial charge in [0.2, 0.25) is 0 Å². The molecule has 2 aromatic carbocycles. The molecule has 0 unspecified atom stereocenters. The minimum atomic E-state index is -0.259. The lowest BCUT2D eigenvalue weighted by Crippen LogP contribution is -2.40. The van der Waals surface area contributed by atoms with Gasteiger partial charge in [-0.05, 0) is 53.9 Å². The van der Waals surface area contributed by atoms with Crippen molar-refractivity contribution in [2.75, 3.05) is 0 Å². The van der Waals surface area contributed by atoms with Crippen molar-refractivity contribution >= 4 is 28.9 Å². The number of imide groups is 1. The van der Waals surface area contributed by atoms with E-state index in [1.54, 1.807) is 18.3 Å². The summed E-state index contributed by atoms with van der Waals surface area (Å²) in [6.07, 6.45) is 9.08. The van der Waals surface area contributed by atoms with Gasteiger partial charge in [-0.25, -0.2) is 4.39 Å². The number of hydrazone groups is 1. The molecule has 3 fully saturated rings. The molecule has 2 amide bonds. The fraction of sp³-hybridized carbons (Fsp3) is 0.296. The number of aromatic nitrogens is 1. The molecule has 6 atom stereocenters. The average molecular weight is 439 g/mol. The zero-order valence-electron chi connectivity index (χ0n) is 17.8. The van der Waals surface area contributed by atoms with Gasteiger partial charge in [0.25, 0.3) is 11.8 Å². The van der Waals surface area contributed by atoms with Crippen LogP contribution in [0, 0.1) is 41.3 Å². The third-order valence-corrected chi connectivity index (χ3v) is 8.04. The van der Waals surface area contributed by atoms with E-state index in [-0.39, 0.29) is 41.3 Å². The van der Waals surface area contributed by atoms with Crippen LogP contribution in [0.3, 0.4) is 0 Å². The molecular weight excluding hydrogens is 417 g/mol. The molecule has 2 bridgehead atoms. The van der Waals surface area contributed by atoms with Gasteiger partial charge in [-0.2, -0.15) is 10.1 Å².